The van der Waals surface area contributed by atoms with E-state index in [-0.39, 0.29) is 28.8 Å². The van der Waals surface area contributed by atoms with Gasteiger partial charge in [0.15, 0.2) is 0 Å². The van der Waals surface area contributed by atoms with Gasteiger partial charge in [-0.25, -0.2) is 4.79 Å². The number of benzene rings is 1. The highest BCUT2D eigenvalue weighted by molar-refractivity contribution is 5.93. The monoisotopic (exact) mass is 481 g/mol. The summed E-state index contributed by atoms with van der Waals surface area (Å²) in [5.74, 6) is -0.106. The van der Waals surface area contributed by atoms with Crippen molar-refractivity contribution in [1.29, 1.82) is 0 Å². The molecule has 190 valence electrons. The highest BCUT2D eigenvalue weighted by Gasteiger charge is 2.39. The van der Waals surface area contributed by atoms with Crippen molar-refractivity contribution in [2.45, 2.75) is 96.8 Å². The van der Waals surface area contributed by atoms with Crippen LogP contribution >= 0.6 is 0 Å². The topological polar surface area (TPSA) is 40.6 Å². The molecular weight excluding hydrogens is 434 g/mol. The first kappa shape index (κ1) is 31.6. The van der Waals surface area contributed by atoms with E-state index in [1.807, 2.05) is 18.2 Å². The Hall–Kier alpha value is -1.43. The number of quaternary nitrogens is 1. The Morgan fingerprint density at radius 2 is 1.15 bits per heavy atom. The lowest BCUT2D eigenvalue weighted by Crippen LogP contribution is -3.00. The van der Waals surface area contributed by atoms with Crippen LogP contribution in [-0.2, 0) is 4.79 Å². The van der Waals surface area contributed by atoms with Gasteiger partial charge in [-0.3, -0.25) is 4.79 Å². The molecule has 0 heterocycles. The minimum absolute atomic E-state index is 0. The molecule has 1 rings (SSSR count). The van der Waals surface area contributed by atoms with Crippen LogP contribution in [0.15, 0.2) is 30.3 Å². The molecule has 0 aliphatic heterocycles. The third-order valence-corrected chi connectivity index (χ3v) is 6.16. The maximum atomic E-state index is 13.0. The van der Waals surface area contributed by atoms with Crippen LogP contribution in [0, 0.1) is 0 Å². The first-order valence-electron chi connectivity index (χ1n) is 12.8. The summed E-state index contributed by atoms with van der Waals surface area (Å²) in [4.78, 5) is 26.0. The molecule has 0 aromatic heterocycles. The highest BCUT2D eigenvalue weighted by atomic mass is 35.5. The quantitative estimate of drug-likeness (QED) is 0.206. The molecule has 0 atom stereocenters. The summed E-state index contributed by atoms with van der Waals surface area (Å²) in [5.41, 5.74) is 0.584. The normalized spacial score (nSPS) is 11.3. The first-order chi connectivity index (χ1) is 15.3. The number of hydrogen-bond donors (Lipinski definition) is 0. The standard InChI is InChI=1S/C27H48N3O2.ClH/c1-6-7-8-9-10-11-12-13-14-15-16-17-21-24-26(31)30(4,5)29(28(2)3)27(32)25-22-19-18-20-23-25;/h18-20,22-23H,6-17,21,24H2,1-5H3;1H/q+1;/p-1. The predicted octanol–water partition coefficient (Wildman–Crippen LogP) is 3.61. The zero-order valence-electron chi connectivity index (χ0n) is 21.8. The SMILES string of the molecule is CCCCCCCCCCCCCCCC(=O)[N+](C)(C)N(C(=O)c1ccccc1)N(C)C.[Cl-]. The summed E-state index contributed by atoms with van der Waals surface area (Å²) in [6.45, 7) is 2.27. The molecule has 0 aliphatic rings. The predicted molar refractivity (Wildman–Crippen MR) is 134 cm³/mol. The van der Waals surface area contributed by atoms with Crippen molar-refractivity contribution >= 4 is 11.8 Å². The minimum atomic E-state index is -0.167. The Morgan fingerprint density at radius 3 is 1.58 bits per heavy atom. The molecule has 0 N–H and O–H groups in total. The Morgan fingerprint density at radius 1 is 0.727 bits per heavy atom. The maximum Gasteiger partial charge on any atom is 0.338 e. The molecule has 0 bridgehead atoms. The number of hydrogen-bond acceptors (Lipinski definition) is 3. The fraction of sp³-hybridized carbons (Fsp3) is 0.704. The molecule has 6 heteroatoms. The molecule has 0 aliphatic carbocycles. The number of rotatable bonds is 16. The summed E-state index contributed by atoms with van der Waals surface area (Å²) in [6, 6.07) is 9.15. The lowest BCUT2D eigenvalue weighted by Gasteiger charge is -2.40. The van der Waals surface area contributed by atoms with Gasteiger partial charge in [-0.2, -0.15) is 5.01 Å². The maximum absolute atomic E-state index is 13.0. The van der Waals surface area contributed by atoms with Crippen LogP contribution in [0.5, 0.6) is 0 Å². The van der Waals surface area contributed by atoms with Gasteiger partial charge in [0.05, 0.1) is 6.42 Å². The van der Waals surface area contributed by atoms with Gasteiger partial charge >= 0.3 is 11.8 Å². The number of carbonyl (C=O) groups is 2. The molecule has 0 radical (unpaired) electrons. The van der Waals surface area contributed by atoms with Gasteiger partial charge in [-0.05, 0) is 18.6 Å². The first-order valence-corrected chi connectivity index (χ1v) is 12.8. The summed E-state index contributed by atoms with van der Waals surface area (Å²) in [6.07, 6.45) is 17.2. The average Bonchev–Trinajstić information content (AvgIpc) is 2.77. The van der Waals surface area contributed by atoms with Crippen LogP contribution in [0.3, 0.4) is 0 Å². The number of nitrogens with zero attached hydrogens (tertiary/aromatic N) is 3. The van der Waals surface area contributed by atoms with E-state index in [2.05, 4.69) is 6.92 Å². The fourth-order valence-electron chi connectivity index (χ4n) is 4.23. The van der Waals surface area contributed by atoms with Gasteiger partial charge in [0.1, 0.15) is 14.1 Å². The highest BCUT2D eigenvalue weighted by Crippen LogP contribution is 2.18. The molecule has 1 aromatic carbocycles. The average molecular weight is 482 g/mol. The zero-order valence-corrected chi connectivity index (χ0v) is 22.6. The summed E-state index contributed by atoms with van der Waals surface area (Å²) < 4.78 is -0.0982. The molecule has 0 saturated carbocycles. The minimum Gasteiger partial charge on any atom is -1.00 e. The number of halogens is 1. The third kappa shape index (κ3) is 12.0. The number of hydrazine groups is 1. The van der Waals surface area contributed by atoms with E-state index >= 15 is 0 Å². The lowest BCUT2D eigenvalue weighted by atomic mass is 10.0. The Balaban J connectivity index is 0.0000102. The van der Waals surface area contributed by atoms with Gasteiger partial charge < -0.3 is 12.4 Å². The molecule has 0 saturated heterocycles. The van der Waals surface area contributed by atoms with E-state index in [4.69, 9.17) is 0 Å². The molecular formula is C27H48ClN3O2. The van der Waals surface area contributed by atoms with Gasteiger partial charge in [0.25, 0.3) is 0 Å². The van der Waals surface area contributed by atoms with Crippen molar-refractivity contribution in [3.8, 4) is 0 Å². The molecule has 0 fully saturated rings. The van der Waals surface area contributed by atoms with E-state index in [0.717, 1.165) is 12.8 Å². The fourth-order valence-corrected chi connectivity index (χ4v) is 4.23. The summed E-state index contributed by atoms with van der Waals surface area (Å²) in [7, 11) is 7.20. The lowest BCUT2D eigenvalue weighted by molar-refractivity contribution is -0.942. The van der Waals surface area contributed by atoms with E-state index in [1.165, 1.54) is 75.7 Å². The Bertz CT molecular complexity index is 650. The molecule has 0 unspecified atom stereocenters. The Kier molecular flexibility index (Phi) is 17.2. The molecule has 33 heavy (non-hydrogen) atoms. The van der Waals surface area contributed by atoms with Gasteiger partial charge in [0, 0.05) is 19.7 Å². The van der Waals surface area contributed by atoms with Crippen molar-refractivity contribution < 1.29 is 26.6 Å². The van der Waals surface area contributed by atoms with Gasteiger partial charge in [0.2, 0.25) is 0 Å². The van der Waals surface area contributed by atoms with Crippen molar-refractivity contribution in [3.63, 3.8) is 0 Å². The van der Waals surface area contributed by atoms with E-state index in [0.29, 0.717) is 12.0 Å². The third-order valence-electron chi connectivity index (χ3n) is 6.16. The second kappa shape index (κ2) is 18.0. The zero-order chi connectivity index (χ0) is 23.8. The largest absolute Gasteiger partial charge is 1.00 e. The summed E-state index contributed by atoms with van der Waals surface area (Å²) in [5, 5.41) is 3.23. The van der Waals surface area contributed by atoms with Crippen LogP contribution < -0.4 is 12.4 Å². The number of carbonyl (C=O) groups excluding carboxylic acids is 2. The van der Waals surface area contributed by atoms with E-state index < -0.39 is 0 Å². The van der Waals surface area contributed by atoms with Crippen molar-refractivity contribution in [2.24, 2.45) is 0 Å². The summed E-state index contributed by atoms with van der Waals surface area (Å²) >= 11 is 0. The van der Waals surface area contributed by atoms with Crippen LogP contribution in [0.25, 0.3) is 0 Å². The van der Waals surface area contributed by atoms with Gasteiger partial charge in [-0.15, -0.1) is 9.71 Å². The smallest absolute Gasteiger partial charge is 0.338 e. The second-order valence-electron chi connectivity index (χ2n) is 9.59. The van der Waals surface area contributed by atoms with Crippen molar-refractivity contribution in [2.75, 3.05) is 28.2 Å². The van der Waals surface area contributed by atoms with E-state index in [1.54, 1.807) is 45.3 Å². The van der Waals surface area contributed by atoms with Crippen LogP contribution in [0.4, 0.5) is 0 Å². The van der Waals surface area contributed by atoms with Crippen LogP contribution in [0.1, 0.15) is 107 Å². The van der Waals surface area contributed by atoms with Gasteiger partial charge in [-0.1, -0.05) is 102 Å². The number of amides is 2. The molecule has 0 spiro atoms. The number of unbranched alkanes of at least 4 members (excludes halogenated alkanes) is 12. The van der Waals surface area contributed by atoms with Crippen LogP contribution in [0.2, 0.25) is 0 Å². The van der Waals surface area contributed by atoms with Crippen LogP contribution in [-0.4, -0.2) is 54.7 Å². The molecule has 2 amide bonds. The van der Waals surface area contributed by atoms with Crippen molar-refractivity contribution in [3.05, 3.63) is 35.9 Å². The Labute approximate surface area is 209 Å². The molecule has 5 nitrogen and oxygen atoms in total. The van der Waals surface area contributed by atoms with Crippen molar-refractivity contribution in [1.82, 2.24) is 10.1 Å². The second-order valence-corrected chi connectivity index (χ2v) is 9.59. The van der Waals surface area contributed by atoms with E-state index in [9.17, 15) is 9.59 Å². The molecule has 1 aromatic rings.